The fourth-order valence-corrected chi connectivity index (χ4v) is 3.80. The number of nitrogens with zero attached hydrogens (tertiary/aromatic N) is 1. The van der Waals surface area contributed by atoms with Gasteiger partial charge in [-0.1, -0.05) is 28.7 Å². The van der Waals surface area contributed by atoms with E-state index in [9.17, 15) is 9.59 Å². The summed E-state index contributed by atoms with van der Waals surface area (Å²) >= 11 is 7.02. The van der Waals surface area contributed by atoms with Crippen molar-refractivity contribution in [1.82, 2.24) is 10.2 Å². The Kier molecular flexibility index (Phi) is 4.94. The van der Waals surface area contributed by atoms with Crippen molar-refractivity contribution in [3.63, 3.8) is 0 Å². The van der Waals surface area contributed by atoms with E-state index in [0.29, 0.717) is 19.4 Å². The van der Waals surface area contributed by atoms with Gasteiger partial charge in [0.1, 0.15) is 0 Å². The van der Waals surface area contributed by atoms with Crippen molar-refractivity contribution in [3.05, 3.63) is 29.3 Å². The number of alkyl halides is 1. The second-order valence-corrected chi connectivity index (χ2v) is 7.11. The van der Waals surface area contributed by atoms with E-state index in [2.05, 4.69) is 69.0 Å². The Morgan fingerprint density at radius 1 is 1.41 bits per heavy atom. The molecule has 0 aromatic heterocycles. The first-order valence-electron chi connectivity index (χ1n) is 7.30. The lowest BCUT2D eigenvalue weighted by atomic mass is 10.0. The van der Waals surface area contributed by atoms with Crippen LogP contribution in [0.4, 0.5) is 5.69 Å². The number of thiol groups is 1. The SMILES string of the molecule is O=C1CCC(N2Cc3cc(NCCI)ccc3C2S)C(=O)N1. The maximum absolute atomic E-state index is 12.1. The first kappa shape index (κ1) is 16.1. The highest BCUT2D eigenvalue weighted by molar-refractivity contribution is 14.1. The zero-order valence-electron chi connectivity index (χ0n) is 12.0. The molecule has 1 aromatic carbocycles. The molecule has 1 aromatic rings. The van der Waals surface area contributed by atoms with Gasteiger partial charge in [0.15, 0.2) is 0 Å². The zero-order valence-corrected chi connectivity index (χ0v) is 15.1. The van der Waals surface area contributed by atoms with Gasteiger partial charge in [-0.2, -0.15) is 12.6 Å². The highest BCUT2D eigenvalue weighted by Gasteiger charge is 2.38. The van der Waals surface area contributed by atoms with Crippen LogP contribution in [0.5, 0.6) is 0 Å². The highest BCUT2D eigenvalue weighted by atomic mass is 127. The van der Waals surface area contributed by atoms with Crippen LogP contribution >= 0.6 is 35.2 Å². The molecule has 22 heavy (non-hydrogen) atoms. The standard InChI is InChI=1S/C15H18IN3O2S/c16-5-6-17-10-1-2-11-9(7-10)8-19(15(11)22)12-3-4-13(20)18-14(12)21/h1-2,7,12,15,17,22H,3-6,8H2,(H,18,20,21). The molecule has 2 amide bonds. The van der Waals surface area contributed by atoms with Gasteiger partial charge in [-0.3, -0.25) is 19.8 Å². The third kappa shape index (κ3) is 3.11. The van der Waals surface area contributed by atoms with E-state index in [0.717, 1.165) is 22.2 Å². The maximum Gasteiger partial charge on any atom is 0.243 e. The van der Waals surface area contributed by atoms with Gasteiger partial charge >= 0.3 is 0 Å². The second kappa shape index (κ2) is 6.76. The number of hydrogen-bond acceptors (Lipinski definition) is 5. The van der Waals surface area contributed by atoms with E-state index in [1.807, 2.05) is 0 Å². The van der Waals surface area contributed by atoms with Crippen LogP contribution in [0.15, 0.2) is 18.2 Å². The third-order valence-corrected chi connectivity index (χ3v) is 5.24. The van der Waals surface area contributed by atoms with E-state index in [1.54, 1.807) is 0 Å². The van der Waals surface area contributed by atoms with Crippen molar-refractivity contribution < 1.29 is 9.59 Å². The van der Waals surface area contributed by atoms with Crippen LogP contribution in [0.3, 0.4) is 0 Å². The molecule has 2 heterocycles. The summed E-state index contributed by atoms with van der Waals surface area (Å²) in [5.74, 6) is -0.384. The third-order valence-electron chi connectivity index (χ3n) is 4.12. The number of fused-ring (bicyclic) bond motifs is 1. The molecule has 0 spiro atoms. The Balaban J connectivity index is 1.77. The van der Waals surface area contributed by atoms with Crippen LogP contribution in [0.1, 0.15) is 29.3 Å². The van der Waals surface area contributed by atoms with Crippen molar-refractivity contribution in [3.8, 4) is 0 Å². The Hall–Kier alpha value is -0.800. The molecule has 7 heteroatoms. The van der Waals surface area contributed by atoms with Crippen molar-refractivity contribution in [2.24, 2.45) is 0 Å². The number of hydrogen-bond donors (Lipinski definition) is 3. The summed E-state index contributed by atoms with van der Waals surface area (Å²) in [7, 11) is 0. The van der Waals surface area contributed by atoms with E-state index in [1.165, 1.54) is 5.56 Å². The molecule has 0 radical (unpaired) electrons. The number of halogens is 1. The predicted molar refractivity (Wildman–Crippen MR) is 97.3 cm³/mol. The Morgan fingerprint density at radius 3 is 2.95 bits per heavy atom. The number of benzene rings is 1. The van der Waals surface area contributed by atoms with Gasteiger partial charge in [0.25, 0.3) is 0 Å². The maximum atomic E-state index is 12.1. The molecular formula is C15H18IN3O2S. The molecule has 2 aliphatic rings. The first-order valence-corrected chi connectivity index (χ1v) is 9.34. The van der Waals surface area contributed by atoms with Crippen molar-refractivity contribution in [2.45, 2.75) is 30.8 Å². The molecule has 0 aliphatic carbocycles. The van der Waals surface area contributed by atoms with E-state index in [-0.39, 0.29) is 23.2 Å². The van der Waals surface area contributed by atoms with Crippen LogP contribution in [-0.2, 0) is 16.1 Å². The van der Waals surface area contributed by atoms with E-state index in [4.69, 9.17) is 0 Å². The molecule has 2 aliphatic heterocycles. The zero-order chi connectivity index (χ0) is 15.7. The van der Waals surface area contributed by atoms with Gasteiger partial charge in [0, 0.05) is 29.6 Å². The predicted octanol–water partition coefficient (Wildman–Crippen LogP) is 2.08. The molecule has 2 atom stereocenters. The summed E-state index contributed by atoms with van der Waals surface area (Å²) in [5.41, 5.74) is 3.44. The minimum absolute atomic E-state index is 0.0995. The van der Waals surface area contributed by atoms with Crippen LogP contribution in [0.25, 0.3) is 0 Å². The van der Waals surface area contributed by atoms with Gasteiger partial charge in [-0.25, -0.2) is 0 Å². The van der Waals surface area contributed by atoms with Crippen LogP contribution < -0.4 is 10.6 Å². The van der Waals surface area contributed by atoms with Gasteiger partial charge in [0.05, 0.1) is 11.4 Å². The summed E-state index contributed by atoms with van der Waals surface area (Å²) in [4.78, 5) is 25.4. The van der Waals surface area contributed by atoms with Gasteiger partial charge < -0.3 is 5.32 Å². The van der Waals surface area contributed by atoms with Crippen LogP contribution in [0, 0.1) is 0 Å². The number of rotatable bonds is 4. The number of anilines is 1. The normalized spacial score (nSPS) is 25.0. The average Bonchev–Trinajstić information content (AvgIpc) is 2.82. The lowest BCUT2D eigenvalue weighted by Crippen LogP contribution is -2.51. The number of carbonyl (C=O) groups is 2. The molecular weight excluding hydrogens is 413 g/mol. The molecule has 0 saturated carbocycles. The lowest BCUT2D eigenvalue weighted by Gasteiger charge is -2.32. The summed E-state index contributed by atoms with van der Waals surface area (Å²) in [6.07, 6.45) is 0.960. The van der Waals surface area contributed by atoms with Gasteiger partial charge in [-0.05, 0) is 29.7 Å². The summed E-state index contributed by atoms with van der Waals surface area (Å²) < 4.78 is 1.05. The number of piperidine rings is 1. The number of carbonyl (C=O) groups excluding carboxylic acids is 2. The fourth-order valence-electron chi connectivity index (χ4n) is 3.04. The monoisotopic (exact) mass is 431 g/mol. The molecule has 118 valence electrons. The molecule has 3 rings (SSSR count). The molecule has 5 nitrogen and oxygen atoms in total. The van der Waals surface area contributed by atoms with Crippen LogP contribution in [-0.4, -0.2) is 33.7 Å². The quantitative estimate of drug-likeness (QED) is 0.296. The fraction of sp³-hybridized carbons (Fsp3) is 0.467. The largest absolute Gasteiger partial charge is 0.384 e. The Bertz CT molecular complexity index is 610. The molecule has 1 saturated heterocycles. The first-order chi connectivity index (χ1) is 10.6. The average molecular weight is 431 g/mol. The van der Waals surface area contributed by atoms with Crippen molar-refractivity contribution >= 4 is 52.7 Å². The molecule has 0 bridgehead atoms. The topological polar surface area (TPSA) is 61.4 Å². The molecule has 2 unspecified atom stereocenters. The van der Waals surface area contributed by atoms with Gasteiger partial charge in [-0.15, -0.1) is 0 Å². The lowest BCUT2D eigenvalue weighted by molar-refractivity contribution is -0.137. The number of nitrogens with one attached hydrogen (secondary N) is 2. The smallest absolute Gasteiger partial charge is 0.243 e. The summed E-state index contributed by atoms with van der Waals surface area (Å²) in [6, 6.07) is 5.99. The molecule has 1 fully saturated rings. The summed E-state index contributed by atoms with van der Waals surface area (Å²) in [6.45, 7) is 1.62. The van der Waals surface area contributed by atoms with E-state index < -0.39 is 0 Å². The van der Waals surface area contributed by atoms with Gasteiger partial charge in [0.2, 0.25) is 11.8 Å². The highest BCUT2D eigenvalue weighted by Crippen LogP contribution is 2.40. The second-order valence-electron chi connectivity index (χ2n) is 5.54. The minimum Gasteiger partial charge on any atom is -0.384 e. The van der Waals surface area contributed by atoms with Crippen molar-refractivity contribution in [1.29, 1.82) is 0 Å². The minimum atomic E-state index is -0.279. The number of amides is 2. The number of imide groups is 1. The summed E-state index contributed by atoms with van der Waals surface area (Å²) in [5, 5.41) is 5.70. The molecule has 2 N–H and O–H groups in total. The van der Waals surface area contributed by atoms with E-state index >= 15 is 0 Å². The Morgan fingerprint density at radius 2 is 2.23 bits per heavy atom. The Labute approximate surface area is 148 Å². The van der Waals surface area contributed by atoms with Crippen LogP contribution in [0.2, 0.25) is 0 Å². The van der Waals surface area contributed by atoms with Crippen molar-refractivity contribution in [2.75, 3.05) is 16.3 Å².